The average molecular weight is 253 g/mol. The van der Waals surface area contributed by atoms with Crippen LogP contribution in [-0.4, -0.2) is 27.7 Å². The fraction of sp³-hybridized carbons (Fsp3) is 0.385. The molecule has 4 heteroatoms. The minimum absolute atomic E-state index is 0. The molecule has 0 spiro atoms. The first-order valence-corrected chi connectivity index (χ1v) is 6.60. The van der Waals surface area contributed by atoms with E-state index in [1.54, 1.807) is 36.0 Å². The van der Waals surface area contributed by atoms with Gasteiger partial charge in [-0.05, 0) is 31.2 Å². The number of thioether (sulfide) groups is 1. The number of aromatic hydroxyl groups is 1. The lowest BCUT2D eigenvalue weighted by Gasteiger charge is -2.07. The number of rotatable bonds is 2. The standard InChI is InChI=1S/C11H11NO2S.C2H6.H2/c1-11(6-13)7-15-10(12-11)8-2-4-9(14)5-3-8;1-2;/h2-6,14H,7H2,1H3;1-2H3;1H/t11-;;/m1../s1. The van der Waals surface area contributed by atoms with E-state index in [4.69, 9.17) is 5.11 Å². The highest BCUT2D eigenvalue weighted by Gasteiger charge is 2.30. The average Bonchev–Trinajstić information content (AvgIpc) is 2.76. The largest absolute Gasteiger partial charge is 0.508 e. The Morgan fingerprint density at radius 2 is 2.00 bits per heavy atom. The SMILES string of the molecule is CC.C[C@@]1(C=O)CSC(c2ccc(O)cc2)=N1.[HH]. The summed E-state index contributed by atoms with van der Waals surface area (Å²) in [4.78, 5) is 15.2. The van der Waals surface area contributed by atoms with Crippen LogP contribution in [0.3, 0.4) is 0 Å². The molecule has 0 aliphatic carbocycles. The van der Waals surface area contributed by atoms with Gasteiger partial charge < -0.3 is 9.90 Å². The Morgan fingerprint density at radius 3 is 2.47 bits per heavy atom. The van der Waals surface area contributed by atoms with Gasteiger partial charge in [0.1, 0.15) is 17.6 Å². The minimum Gasteiger partial charge on any atom is -0.508 e. The lowest BCUT2D eigenvalue weighted by molar-refractivity contribution is -0.110. The van der Waals surface area contributed by atoms with Gasteiger partial charge in [-0.2, -0.15) is 0 Å². The van der Waals surface area contributed by atoms with Crippen molar-refractivity contribution in [3.63, 3.8) is 0 Å². The number of aldehydes is 1. The van der Waals surface area contributed by atoms with Crippen LogP contribution in [0.25, 0.3) is 0 Å². The van der Waals surface area contributed by atoms with Crippen LogP contribution in [0.5, 0.6) is 5.75 Å². The van der Waals surface area contributed by atoms with Crippen LogP contribution in [0.4, 0.5) is 0 Å². The second kappa shape index (κ2) is 5.87. The molecule has 3 nitrogen and oxygen atoms in total. The van der Waals surface area contributed by atoms with Crippen LogP contribution in [0.2, 0.25) is 0 Å². The predicted octanol–water partition coefficient (Wildman–Crippen LogP) is 3.12. The Labute approximate surface area is 107 Å². The second-order valence-corrected chi connectivity index (χ2v) is 4.69. The molecular weight excluding hydrogens is 234 g/mol. The number of phenolic OH excluding ortho intramolecular Hbond substituents is 1. The zero-order chi connectivity index (χ0) is 12.9. The molecule has 1 atom stereocenters. The van der Waals surface area contributed by atoms with Gasteiger partial charge in [0.2, 0.25) is 0 Å². The first-order chi connectivity index (χ1) is 8.13. The van der Waals surface area contributed by atoms with Crippen molar-refractivity contribution in [2.45, 2.75) is 26.3 Å². The van der Waals surface area contributed by atoms with Gasteiger partial charge in [0.15, 0.2) is 0 Å². The lowest BCUT2D eigenvalue weighted by atomic mass is 10.1. The fourth-order valence-electron chi connectivity index (χ4n) is 1.32. The van der Waals surface area contributed by atoms with Gasteiger partial charge in [-0.3, -0.25) is 4.99 Å². The van der Waals surface area contributed by atoms with E-state index in [-0.39, 0.29) is 7.18 Å². The van der Waals surface area contributed by atoms with E-state index in [2.05, 4.69) is 4.99 Å². The summed E-state index contributed by atoms with van der Waals surface area (Å²) in [7, 11) is 0. The normalized spacial score (nSPS) is 22.4. The molecule has 1 heterocycles. The maximum atomic E-state index is 10.8. The third kappa shape index (κ3) is 3.33. The van der Waals surface area contributed by atoms with E-state index in [1.165, 1.54) is 0 Å². The van der Waals surface area contributed by atoms with Crippen LogP contribution in [-0.2, 0) is 4.79 Å². The van der Waals surface area contributed by atoms with Crippen LogP contribution < -0.4 is 0 Å². The molecular formula is C13H19NO2S. The number of hydrogen-bond acceptors (Lipinski definition) is 4. The van der Waals surface area contributed by atoms with E-state index >= 15 is 0 Å². The number of nitrogens with zero attached hydrogens (tertiary/aromatic N) is 1. The number of aliphatic imine (C=N–C) groups is 1. The topological polar surface area (TPSA) is 49.7 Å². The zero-order valence-corrected chi connectivity index (χ0v) is 11.1. The molecule has 17 heavy (non-hydrogen) atoms. The third-order valence-corrected chi connectivity index (χ3v) is 3.56. The second-order valence-electron chi connectivity index (χ2n) is 3.73. The molecule has 2 rings (SSSR count). The van der Waals surface area contributed by atoms with Crippen molar-refractivity contribution < 1.29 is 11.3 Å². The number of hydrogen-bond donors (Lipinski definition) is 1. The van der Waals surface area contributed by atoms with E-state index in [9.17, 15) is 4.79 Å². The Hall–Kier alpha value is -1.29. The van der Waals surface area contributed by atoms with E-state index < -0.39 is 5.54 Å². The van der Waals surface area contributed by atoms with E-state index in [0.29, 0.717) is 5.75 Å². The van der Waals surface area contributed by atoms with Crippen molar-refractivity contribution in [1.29, 1.82) is 0 Å². The monoisotopic (exact) mass is 253 g/mol. The molecule has 1 N–H and O–H groups in total. The molecule has 0 saturated heterocycles. The van der Waals surface area contributed by atoms with Crippen LogP contribution in [0, 0.1) is 0 Å². The molecule has 0 bridgehead atoms. The molecule has 0 fully saturated rings. The molecule has 1 aliphatic rings. The molecule has 1 aliphatic heterocycles. The summed E-state index contributed by atoms with van der Waals surface area (Å²) in [6.45, 7) is 5.82. The minimum atomic E-state index is -0.585. The molecule has 0 amide bonds. The van der Waals surface area contributed by atoms with Gasteiger partial charge in [-0.1, -0.05) is 13.8 Å². The highest BCUT2D eigenvalue weighted by atomic mass is 32.2. The Bertz CT molecular complexity index is 420. The van der Waals surface area contributed by atoms with Crippen molar-refractivity contribution >= 4 is 23.1 Å². The summed E-state index contributed by atoms with van der Waals surface area (Å²) >= 11 is 1.57. The van der Waals surface area contributed by atoms with Crippen molar-refractivity contribution in [3.8, 4) is 5.75 Å². The molecule has 1 aromatic rings. The fourth-order valence-corrected chi connectivity index (χ4v) is 2.46. The highest BCUT2D eigenvalue weighted by Crippen LogP contribution is 2.29. The number of phenols is 1. The van der Waals surface area contributed by atoms with Crippen molar-refractivity contribution in [1.82, 2.24) is 0 Å². The van der Waals surface area contributed by atoms with Crippen LogP contribution in [0.15, 0.2) is 29.3 Å². The quantitative estimate of drug-likeness (QED) is 0.824. The first kappa shape index (κ1) is 13.8. The van der Waals surface area contributed by atoms with Crippen molar-refractivity contribution in [2.75, 3.05) is 5.75 Å². The molecule has 0 aromatic heterocycles. The summed E-state index contributed by atoms with van der Waals surface area (Å²) < 4.78 is 0. The van der Waals surface area contributed by atoms with Crippen molar-refractivity contribution in [2.24, 2.45) is 4.99 Å². The first-order valence-electron chi connectivity index (χ1n) is 5.61. The Morgan fingerprint density at radius 1 is 1.41 bits per heavy atom. The van der Waals surface area contributed by atoms with Gasteiger partial charge in [0.25, 0.3) is 0 Å². The Kier molecular flexibility index (Phi) is 4.75. The number of carbonyl (C=O) groups is 1. The molecule has 0 unspecified atom stereocenters. The lowest BCUT2D eigenvalue weighted by Crippen LogP contribution is -2.23. The smallest absolute Gasteiger partial charge is 0.148 e. The number of benzene rings is 1. The molecule has 0 saturated carbocycles. The van der Waals surface area contributed by atoms with Crippen LogP contribution >= 0.6 is 11.8 Å². The summed E-state index contributed by atoms with van der Waals surface area (Å²) in [6.07, 6.45) is 0.882. The number of carbonyl (C=O) groups excluding carboxylic acids is 1. The van der Waals surface area contributed by atoms with Gasteiger partial charge in [0, 0.05) is 12.7 Å². The van der Waals surface area contributed by atoms with Gasteiger partial charge in [-0.25, -0.2) is 0 Å². The molecule has 94 valence electrons. The van der Waals surface area contributed by atoms with Crippen molar-refractivity contribution in [3.05, 3.63) is 29.8 Å². The van der Waals surface area contributed by atoms with E-state index in [0.717, 1.165) is 16.9 Å². The highest BCUT2D eigenvalue weighted by molar-refractivity contribution is 8.14. The van der Waals surface area contributed by atoms with Gasteiger partial charge >= 0.3 is 0 Å². The molecule has 1 aromatic carbocycles. The van der Waals surface area contributed by atoms with Gasteiger partial charge in [-0.15, -0.1) is 11.8 Å². The maximum Gasteiger partial charge on any atom is 0.148 e. The summed E-state index contributed by atoms with van der Waals surface area (Å²) in [6, 6.07) is 6.85. The summed E-state index contributed by atoms with van der Waals surface area (Å²) in [5.41, 5.74) is 0.362. The third-order valence-electron chi connectivity index (χ3n) is 2.23. The Balaban J connectivity index is 0.000000917. The predicted molar refractivity (Wildman–Crippen MR) is 75.0 cm³/mol. The summed E-state index contributed by atoms with van der Waals surface area (Å²) in [5, 5.41) is 10.0. The van der Waals surface area contributed by atoms with E-state index in [1.807, 2.05) is 20.8 Å². The van der Waals surface area contributed by atoms with Gasteiger partial charge in [0.05, 0.1) is 5.04 Å². The summed E-state index contributed by atoms with van der Waals surface area (Å²) in [5.74, 6) is 0.924. The molecule has 0 radical (unpaired) electrons. The maximum absolute atomic E-state index is 10.8. The van der Waals surface area contributed by atoms with Crippen LogP contribution in [0.1, 0.15) is 27.8 Å². The zero-order valence-electron chi connectivity index (χ0n) is 10.3.